The Bertz CT molecular complexity index is 943. The zero-order valence-electron chi connectivity index (χ0n) is 13.9. The van der Waals surface area contributed by atoms with Crippen LogP contribution in [-0.4, -0.2) is 20.3 Å². The Kier molecular flexibility index (Phi) is 5.64. The summed E-state index contributed by atoms with van der Waals surface area (Å²) in [5, 5.41) is -1.01. The molecule has 2 aromatic carbocycles. The van der Waals surface area contributed by atoms with E-state index < -0.39 is 16.1 Å². The molecule has 0 amide bonds. The average Bonchev–Trinajstić information content (AvgIpc) is 3.20. The molecule has 7 heteroatoms. The normalized spacial score (nSPS) is 25.8. The van der Waals surface area contributed by atoms with Crippen LogP contribution in [0.5, 0.6) is 0 Å². The number of hydrogen-bond donors (Lipinski definition) is 0. The molecule has 1 aliphatic rings. The van der Waals surface area contributed by atoms with E-state index in [1.807, 2.05) is 47.2 Å². The Hall–Kier alpha value is -0.900. The minimum absolute atomic E-state index is 0.147. The maximum Gasteiger partial charge on any atom is 0.0954 e. The van der Waals surface area contributed by atoms with Gasteiger partial charge in [-0.15, -0.1) is 46.4 Å². The molecule has 2 nitrogen and oxygen atoms in total. The number of benzene rings is 2. The molecule has 3 aromatic rings. The molecule has 0 bridgehead atoms. The summed E-state index contributed by atoms with van der Waals surface area (Å²) in [6.07, 6.45) is 5.43. The van der Waals surface area contributed by atoms with Crippen LogP contribution in [0.2, 0.25) is 5.02 Å². The third-order valence-corrected chi connectivity index (χ3v) is 7.70. The number of alkyl halides is 4. The molecule has 27 heavy (non-hydrogen) atoms. The van der Waals surface area contributed by atoms with Crippen molar-refractivity contribution in [2.75, 3.05) is 0 Å². The quantitative estimate of drug-likeness (QED) is 0.386. The zero-order valence-corrected chi connectivity index (χ0v) is 17.7. The van der Waals surface area contributed by atoms with Gasteiger partial charge in [-0.25, -0.2) is 4.98 Å². The van der Waals surface area contributed by atoms with Gasteiger partial charge in [-0.1, -0.05) is 48.0 Å². The lowest BCUT2D eigenvalue weighted by atomic mass is 9.86. The second-order valence-corrected chi connectivity index (χ2v) is 8.87. The van der Waals surface area contributed by atoms with Crippen LogP contribution in [-0.2, 0) is 0 Å². The van der Waals surface area contributed by atoms with Crippen molar-refractivity contribution in [3.05, 3.63) is 88.5 Å². The highest BCUT2D eigenvalue weighted by molar-refractivity contribution is 6.39. The molecule has 1 aromatic heterocycles. The minimum Gasteiger partial charge on any atom is -0.326 e. The van der Waals surface area contributed by atoms with Gasteiger partial charge in [0.1, 0.15) is 0 Å². The molecule has 0 radical (unpaired) electrons. The van der Waals surface area contributed by atoms with E-state index in [0.717, 1.165) is 22.3 Å². The molecule has 1 aliphatic carbocycles. The van der Waals surface area contributed by atoms with Crippen molar-refractivity contribution in [2.24, 2.45) is 0 Å². The van der Waals surface area contributed by atoms with Gasteiger partial charge < -0.3 is 4.57 Å². The van der Waals surface area contributed by atoms with E-state index in [2.05, 4.69) is 11.1 Å². The third kappa shape index (κ3) is 3.47. The zero-order chi connectivity index (χ0) is 19.1. The van der Waals surface area contributed by atoms with E-state index in [4.69, 9.17) is 58.0 Å². The Labute approximate surface area is 183 Å². The fourth-order valence-corrected chi connectivity index (χ4v) is 5.20. The Morgan fingerprint density at radius 1 is 0.889 bits per heavy atom. The van der Waals surface area contributed by atoms with Crippen molar-refractivity contribution >= 4 is 58.0 Å². The second-order valence-electron chi connectivity index (χ2n) is 6.51. The molecule has 5 atom stereocenters. The smallest absolute Gasteiger partial charge is 0.0954 e. The van der Waals surface area contributed by atoms with Gasteiger partial charge in [0.2, 0.25) is 0 Å². The first-order valence-corrected chi connectivity index (χ1v) is 10.5. The lowest BCUT2D eigenvalue weighted by Gasteiger charge is -2.34. The van der Waals surface area contributed by atoms with Gasteiger partial charge in [0, 0.05) is 17.4 Å². The molecule has 0 aliphatic heterocycles. The lowest BCUT2D eigenvalue weighted by Crippen LogP contribution is -2.30. The van der Waals surface area contributed by atoms with E-state index in [9.17, 15) is 0 Å². The number of nitrogens with zero attached hydrogens (tertiary/aromatic N) is 2. The van der Waals surface area contributed by atoms with E-state index in [-0.39, 0.29) is 11.4 Å². The Balaban J connectivity index is 1.87. The molecule has 0 fully saturated rings. The molecule has 1 heterocycles. The molecule has 0 saturated heterocycles. The number of fused-ring (bicyclic) bond motifs is 1. The first kappa shape index (κ1) is 19.4. The SMILES string of the molecule is Clc1ccccc1C(c1ccc2c(c1)C(Cl)C(Cl)C(Cl)C2Cl)n1ccnc1. The number of imidazole rings is 1. The summed E-state index contributed by atoms with van der Waals surface area (Å²) in [5.74, 6) is 0. The van der Waals surface area contributed by atoms with Crippen LogP contribution in [0, 0.1) is 0 Å². The maximum atomic E-state index is 6.62. The summed E-state index contributed by atoms with van der Waals surface area (Å²) in [6, 6.07) is 13.7. The van der Waals surface area contributed by atoms with Crippen molar-refractivity contribution in [1.82, 2.24) is 9.55 Å². The first-order chi connectivity index (χ1) is 13.0. The summed E-state index contributed by atoms with van der Waals surface area (Å²) in [4.78, 5) is 4.19. The molecule has 140 valence electrons. The van der Waals surface area contributed by atoms with Crippen LogP contribution in [0.1, 0.15) is 39.0 Å². The highest BCUT2D eigenvalue weighted by Gasteiger charge is 2.40. The van der Waals surface area contributed by atoms with Crippen molar-refractivity contribution in [2.45, 2.75) is 27.6 Å². The summed E-state index contributed by atoms with van der Waals surface area (Å²) >= 11 is 32.4. The van der Waals surface area contributed by atoms with E-state index in [1.54, 1.807) is 12.5 Å². The standard InChI is InChI=1S/C20H15Cl5N2/c21-15-4-2-1-3-13(15)20(27-8-7-26-10-27)11-5-6-12-14(9-11)17(23)19(25)18(24)16(12)22/h1-10,16-20H. The van der Waals surface area contributed by atoms with E-state index in [1.165, 1.54) is 0 Å². The predicted octanol–water partition coefficient (Wildman–Crippen LogP) is 6.96. The Morgan fingerprint density at radius 2 is 1.59 bits per heavy atom. The second kappa shape index (κ2) is 7.85. The van der Waals surface area contributed by atoms with Crippen LogP contribution >= 0.6 is 58.0 Å². The third-order valence-electron chi connectivity index (χ3n) is 4.91. The number of rotatable bonds is 3. The van der Waals surface area contributed by atoms with Crippen LogP contribution in [0.25, 0.3) is 0 Å². The largest absolute Gasteiger partial charge is 0.326 e. The fraction of sp³-hybridized carbons (Fsp3) is 0.250. The highest BCUT2D eigenvalue weighted by atomic mass is 35.5. The fourth-order valence-electron chi connectivity index (χ4n) is 3.55. The number of aromatic nitrogens is 2. The van der Waals surface area contributed by atoms with Crippen molar-refractivity contribution in [3.63, 3.8) is 0 Å². The summed E-state index contributed by atoms with van der Waals surface area (Å²) in [6.45, 7) is 0. The maximum absolute atomic E-state index is 6.62. The van der Waals surface area contributed by atoms with Crippen LogP contribution in [0.4, 0.5) is 0 Å². The topological polar surface area (TPSA) is 17.8 Å². The van der Waals surface area contributed by atoms with Gasteiger partial charge in [-0.05, 0) is 28.3 Å². The van der Waals surface area contributed by atoms with Gasteiger partial charge >= 0.3 is 0 Å². The Morgan fingerprint density at radius 3 is 2.26 bits per heavy atom. The van der Waals surface area contributed by atoms with Gasteiger partial charge in [-0.3, -0.25) is 0 Å². The van der Waals surface area contributed by atoms with Gasteiger partial charge in [0.05, 0.1) is 33.9 Å². The molecule has 0 N–H and O–H groups in total. The minimum atomic E-state index is -0.453. The number of hydrogen-bond acceptors (Lipinski definition) is 1. The van der Waals surface area contributed by atoms with E-state index >= 15 is 0 Å². The molecule has 4 rings (SSSR count). The predicted molar refractivity (Wildman–Crippen MR) is 114 cm³/mol. The van der Waals surface area contributed by atoms with Crippen LogP contribution in [0.3, 0.4) is 0 Å². The number of halogens is 5. The van der Waals surface area contributed by atoms with Crippen LogP contribution < -0.4 is 0 Å². The molecular formula is C20H15Cl5N2. The summed E-state index contributed by atoms with van der Waals surface area (Å²) in [5.41, 5.74) is 3.81. The summed E-state index contributed by atoms with van der Waals surface area (Å²) < 4.78 is 2.01. The van der Waals surface area contributed by atoms with Crippen molar-refractivity contribution in [3.8, 4) is 0 Å². The molecule has 5 unspecified atom stereocenters. The van der Waals surface area contributed by atoms with Gasteiger partial charge in [-0.2, -0.15) is 0 Å². The first-order valence-electron chi connectivity index (χ1n) is 8.41. The molecule has 0 saturated carbocycles. The van der Waals surface area contributed by atoms with Crippen molar-refractivity contribution in [1.29, 1.82) is 0 Å². The van der Waals surface area contributed by atoms with E-state index in [0.29, 0.717) is 5.02 Å². The molecular weight excluding hydrogens is 445 g/mol. The monoisotopic (exact) mass is 458 g/mol. The molecule has 0 spiro atoms. The van der Waals surface area contributed by atoms with Crippen LogP contribution in [0.15, 0.2) is 61.2 Å². The summed E-state index contributed by atoms with van der Waals surface area (Å²) in [7, 11) is 0. The average molecular weight is 461 g/mol. The van der Waals surface area contributed by atoms with Gasteiger partial charge in [0.25, 0.3) is 0 Å². The highest BCUT2D eigenvalue weighted by Crippen LogP contribution is 2.48. The lowest BCUT2D eigenvalue weighted by molar-refractivity contribution is 0.652. The van der Waals surface area contributed by atoms with Gasteiger partial charge in [0.15, 0.2) is 0 Å². The van der Waals surface area contributed by atoms with Crippen molar-refractivity contribution < 1.29 is 0 Å².